The number of allylic oxidation sites excluding steroid dienone is 1. The van der Waals surface area contributed by atoms with Gasteiger partial charge in [0, 0.05) is 5.39 Å². The molecule has 0 N–H and O–H groups in total. The Morgan fingerprint density at radius 1 is 0.567 bits per heavy atom. The van der Waals surface area contributed by atoms with Crippen LogP contribution in [0.4, 0.5) is 0 Å². The molecule has 0 saturated heterocycles. The van der Waals surface area contributed by atoms with Gasteiger partial charge >= 0.3 is 0 Å². The Labute approximate surface area is 174 Å². The van der Waals surface area contributed by atoms with Gasteiger partial charge in [-0.3, -0.25) is 0 Å². The monoisotopic (exact) mass is 382 g/mol. The molecule has 30 heavy (non-hydrogen) atoms. The molecule has 4 aromatic carbocycles. The largest absolute Gasteiger partial charge is 0.464 e. The third kappa shape index (κ3) is 1.87. The van der Waals surface area contributed by atoms with Gasteiger partial charge in [-0.25, -0.2) is 0 Å². The van der Waals surface area contributed by atoms with Crippen molar-refractivity contribution in [1.82, 2.24) is 0 Å². The second-order valence-electron chi connectivity index (χ2n) is 8.18. The highest BCUT2D eigenvalue weighted by molar-refractivity contribution is 5.95. The standard InChI is InChI=1S/C29H18O/c1-2-8-22-21(7-1)23-9-3-5-11-25(23)29(26-12-6-4-10-24(22)26)15-13-19-18-28-20(14-16-30-28)17-27(19)29/h1-18H. The summed E-state index contributed by atoms with van der Waals surface area (Å²) >= 11 is 0. The average molecular weight is 382 g/mol. The summed E-state index contributed by atoms with van der Waals surface area (Å²) in [6.07, 6.45) is 6.43. The summed E-state index contributed by atoms with van der Waals surface area (Å²) in [6, 6.07) is 33.1. The van der Waals surface area contributed by atoms with Gasteiger partial charge in [0.2, 0.25) is 0 Å². The van der Waals surface area contributed by atoms with Gasteiger partial charge in [0.25, 0.3) is 0 Å². The highest BCUT2D eigenvalue weighted by Gasteiger charge is 2.43. The van der Waals surface area contributed by atoms with Crippen LogP contribution in [0.1, 0.15) is 22.3 Å². The molecule has 0 unspecified atom stereocenters. The van der Waals surface area contributed by atoms with Crippen LogP contribution in [-0.4, -0.2) is 0 Å². The van der Waals surface area contributed by atoms with Gasteiger partial charge in [0.1, 0.15) is 5.58 Å². The van der Waals surface area contributed by atoms with E-state index in [0.29, 0.717) is 0 Å². The lowest BCUT2D eigenvalue weighted by Gasteiger charge is -2.32. The molecule has 0 aliphatic heterocycles. The highest BCUT2D eigenvalue weighted by Crippen LogP contribution is 2.55. The lowest BCUT2D eigenvalue weighted by atomic mass is 9.69. The van der Waals surface area contributed by atoms with E-state index in [4.69, 9.17) is 4.42 Å². The number of benzene rings is 4. The first-order chi connectivity index (χ1) is 14.9. The minimum Gasteiger partial charge on any atom is -0.464 e. The van der Waals surface area contributed by atoms with Crippen molar-refractivity contribution in [2.24, 2.45) is 0 Å². The van der Waals surface area contributed by atoms with Crippen LogP contribution in [0, 0.1) is 0 Å². The number of fused-ring (bicyclic) bond motifs is 10. The van der Waals surface area contributed by atoms with Crippen molar-refractivity contribution in [3.63, 3.8) is 0 Å². The molecule has 0 fully saturated rings. The minimum atomic E-state index is -0.326. The molecule has 0 saturated carbocycles. The van der Waals surface area contributed by atoms with Gasteiger partial charge < -0.3 is 4.42 Å². The van der Waals surface area contributed by atoms with E-state index < -0.39 is 0 Å². The molecule has 7 rings (SSSR count). The van der Waals surface area contributed by atoms with Crippen LogP contribution >= 0.6 is 0 Å². The molecule has 2 aliphatic carbocycles. The van der Waals surface area contributed by atoms with E-state index in [9.17, 15) is 0 Å². The Hall–Kier alpha value is -3.84. The smallest absolute Gasteiger partial charge is 0.134 e. The van der Waals surface area contributed by atoms with Crippen molar-refractivity contribution < 1.29 is 4.42 Å². The quantitative estimate of drug-likeness (QED) is 0.271. The SMILES string of the molecule is C1=CC2(c3cc4ccoc4cc31)c1ccccc1-c1ccccc1-c1ccccc12. The Bertz CT molecular complexity index is 1430. The fraction of sp³-hybridized carbons (Fsp3) is 0.0345. The molecular formula is C29H18O. The van der Waals surface area contributed by atoms with Gasteiger partial charge in [-0.2, -0.15) is 0 Å². The van der Waals surface area contributed by atoms with Gasteiger partial charge in [0.15, 0.2) is 0 Å². The summed E-state index contributed by atoms with van der Waals surface area (Å²) in [7, 11) is 0. The van der Waals surface area contributed by atoms with Crippen molar-refractivity contribution in [1.29, 1.82) is 0 Å². The second kappa shape index (κ2) is 5.61. The van der Waals surface area contributed by atoms with E-state index in [2.05, 4.69) is 103 Å². The Kier molecular flexibility index (Phi) is 2.99. The van der Waals surface area contributed by atoms with Crippen LogP contribution in [0.15, 0.2) is 108 Å². The molecule has 140 valence electrons. The number of furan rings is 1. The van der Waals surface area contributed by atoms with E-state index >= 15 is 0 Å². The summed E-state index contributed by atoms with van der Waals surface area (Å²) < 4.78 is 5.70. The Morgan fingerprint density at radius 3 is 1.83 bits per heavy atom. The molecule has 0 bridgehead atoms. The Balaban J connectivity index is 1.70. The summed E-state index contributed by atoms with van der Waals surface area (Å²) in [5, 5.41) is 1.15. The first-order valence-electron chi connectivity index (χ1n) is 10.4. The third-order valence-corrected chi connectivity index (χ3v) is 6.77. The van der Waals surface area contributed by atoms with Crippen molar-refractivity contribution >= 4 is 17.0 Å². The van der Waals surface area contributed by atoms with Gasteiger partial charge in [0.05, 0.1) is 11.7 Å². The van der Waals surface area contributed by atoms with Crippen molar-refractivity contribution in [3.05, 3.63) is 126 Å². The van der Waals surface area contributed by atoms with Gasteiger partial charge in [-0.15, -0.1) is 0 Å². The predicted octanol–water partition coefficient (Wildman–Crippen LogP) is 7.44. The average Bonchev–Trinajstić information content (AvgIpc) is 3.39. The minimum absolute atomic E-state index is 0.326. The molecule has 1 heteroatoms. The maximum absolute atomic E-state index is 5.70. The summed E-state index contributed by atoms with van der Waals surface area (Å²) in [4.78, 5) is 0. The molecule has 1 nitrogen and oxygen atoms in total. The topological polar surface area (TPSA) is 13.1 Å². The fourth-order valence-corrected chi connectivity index (χ4v) is 5.50. The van der Waals surface area contributed by atoms with E-state index in [0.717, 1.165) is 11.0 Å². The molecule has 0 radical (unpaired) electrons. The van der Waals surface area contributed by atoms with Crippen molar-refractivity contribution in [2.75, 3.05) is 0 Å². The van der Waals surface area contributed by atoms with Gasteiger partial charge in [-0.1, -0.05) is 84.9 Å². The van der Waals surface area contributed by atoms with Gasteiger partial charge in [-0.05, 0) is 62.7 Å². The van der Waals surface area contributed by atoms with Crippen LogP contribution in [-0.2, 0) is 5.41 Å². The second-order valence-corrected chi connectivity index (χ2v) is 8.18. The molecule has 2 aliphatic rings. The highest BCUT2D eigenvalue weighted by atomic mass is 16.3. The molecule has 1 aromatic heterocycles. The maximum Gasteiger partial charge on any atom is 0.134 e. The molecule has 0 atom stereocenters. The van der Waals surface area contributed by atoms with E-state index in [1.807, 2.05) is 0 Å². The summed E-state index contributed by atoms with van der Waals surface area (Å²) in [5.74, 6) is 0. The number of rotatable bonds is 0. The van der Waals surface area contributed by atoms with Crippen LogP contribution in [0.2, 0.25) is 0 Å². The number of hydrogen-bond donors (Lipinski definition) is 0. The summed E-state index contributed by atoms with van der Waals surface area (Å²) in [6.45, 7) is 0. The Morgan fingerprint density at radius 2 is 1.17 bits per heavy atom. The number of hydrogen-bond acceptors (Lipinski definition) is 1. The van der Waals surface area contributed by atoms with E-state index in [-0.39, 0.29) is 5.41 Å². The lowest BCUT2D eigenvalue weighted by molar-refractivity contribution is 0.615. The van der Waals surface area contributed by atoms with Crippen LogP contribution in [0.25, 0.3) is 39.3 Å². The first-order valence-corrected chi connectivity index (χ1v) is 10.4. The lowest BCUT2D eigenvalue weighted by Crippen LogP contribution is -2.26. The van der Waals surface area contributed by atoms with Crippen LogP contribution < -0.4 is 0 Å². The first kappa shape index (κ1) is 16.0. The maximum atomic E-state index is 5.70. The zero-order chi connectivity index (χ0) is 19.7. The van der Waals surface area contributed by atoms with Crippen molar-refractivity contribution in [3.8, 4) is 22.3 Å². The third-order valence-electron chi connectivity index (χ3n) is 6.77. The van der Waals surface area contributed by atoms with Crippen LogP contribution in [0.3, 0.4) is 0 Å². The molecule has 1 spiro atoms. The fourth-order valence-electron chi connectivity index (χ4n) is 5.50. The molecule has 0 amide bonds. The molecule has 1 heterocycles. The van der Waals surface area contributed by atoms with E-state index in [1.54, 1.807) is 6.26 Å². The van der Waals surface area contributed by atoms with E-state index in [1.165, 1.54) is 44.5 Å². The molecule has 5 aromatic rings. The predicted molar refractivity (Wildman–Crippen MR) is 122 cm³/mol. The molecular weight excluding hydrogens is 364 g/mol. The zero-order valence-electron chi connectivity index (χ0n) is 16.3. The normalized spacial score (nSPS) is 14.8. The summed E-state index contributed by atoms with van der Waals surface area (Å²) in [5.41, 5.74) is 11.0. The zero-order valence-corrected chi connectivity index (χ0v) is 16.3. The van der Waals surface area contributed by atoms with Crippen LogP contribution in [0.5, 0.6) is 0 Å². The van der Waals surface area contributed by atoms with Crippen molar-refractivity contribution in [2.45, 2.75) is 5.41 Å².